The Morgan fingerprint density at radius 3 is 2.47 bits per heavy atom. The van der Waals surface area contributed by atoms with E-state index in [0.717, 1.165) is 5.56 Å². The van der Waals surface area contributed by atoms with Crippen molar-refractivity contribution in [2.24, 2.45) is 0 Å². The summed E-state index contributed by atoms with van der Waals surface area (Å²) in [4.78, 5) is 41.4. The molecule has 0 unspecified atom stereocenters. The van der Waals surface area contributed by atoms with E-state index in [1.165, 1.54) is 17.6 Å². The summed E-state index contributed by atoms with van der Waals surface area (Å²) in [5.74, 6) is -0.168. The minimum Gasteiger partial charge on any atom is -0.485 e. The summed E-state index contributed by atoms with van der Waals surface area (Å²) in [6, 6.07) is 17.9. The van der Waals surface area contributed by atoms with E-state index in [1.54, 1.807) is 54.7 Å². The Hall–Kier alpha value is -4.66. The van der Waals surface area contributed by atoms with Crippen LogP contribution in [0.4, 0.5) is 16.2 Å². The number of aromatic nitrogens is 2. The van der Waals surface area contributed by atoms with Crippen LogP contribution >= 0.6 is 0 Å². The quantitative estimate of drug-likeness (QED) is 0.422. The van der Waals surface area contributed by atoms with E-state index in [4.69, 9.17) is 9.47 Å². The SMILES string of the molecule is COC(=O)c1ccccc1NC(=O)Nc1ccccc1OCc1cc(=O)n2ccc(C)cc2n1. The van der Waals surface area contributed by atoms with Crippen molar-refractivity contribution in [3.05, 3.63) is 100 Å². The molecule has 9 nitrogen and oxygen atoms in total. The Kier molecular flexibility index (Phi) is 6.54. The van der Waals surface area contributed by atoms with Gasteiger partial charge in [-0.15, -0.1) is 0 Å². The van der Waals surface area contributed by atoms with Crippen LogP contribution in [0.15, 0.2) is 77.7 Å². The molecule has 0 fully saturated rings. The molecular weight excluding hydrogens is 436 g/mol. The van der Waals surface area contributed by atoms with Gasteiger partial charge in [0.05, 0.1) is 29.7 Å². The number of anilines is 2. The molecule has 2 amide bonds. The van der Waals surface area contributed by atoms with Gasteiger partial charge in [0.15, 0.2) is 0 Å². The molecule has 2 heterocycles. The van der Waals surface area contributed by atoms with Gasteiger partial charge in [-0.3, -0.25) is 9.20 Å². The molecule has 0 saturated heterocycles. The van der Waals surface area contributed by atoms with E-state index in [-0.39, 0.29) is 17.7 Å². The van der Waals surface area contributed by atoms with Crippen molar-refractivity contribution in [3.8, 4) is 5.75 Å². The fraction of sp³-hybridized carbons (Fsp3) is 0.120. The number of hydrogen-bond donors (Lipinski definition) is 2. The fourth-order valence-corrected chi connectivity index (χ4v) is 3.33. The zero-order valence-electron chi connectivity index (χ0n) is 18.6. The second-order valence-electron chi connectivity index (χ2n) is 7.42. The number of rotatable bonds is 6. The molecule has 0 spiro atoms. The molecule has 2 aromatic heterocycles. The van der Waals surface area contributed by atoms with Crippen molar-refractivity contribution < 1.29 is 19.1 Å². The van der Waals surface area contributed by atoms with Crippen LogP contribution in [-0.4, -0.2) is 28.5 Å². The predicted molar refractivity (Wildman–Crippen MR) is 127 cm³/mol. The molecule has 4 aromatic rings. The van der Waals surface area contributed by atoms with Gasteiger partial charge in [-0.25, -0.2) is 14.6 Å². The molecular formula is C25H22N4O5. The number of hydrogen-bond acceptors (Lipinski definition) is 6. The van der Waals surface area contributed by atoms with Gasteiger partial charge in [-0.1, -0.05) is 24.3 Å². The molecule has 0 aliphatic rings. The second-order valence-corrected chi connectivity index (χ2v) is 7.42. The molecule has 0 atom stereocenters. The van der Waals surface area contributed by atoms with Crippen LogP contribution in [0, 0.1) is 6.92 Å². The lowest BCUT2D eigenvalue weighted by molar-refractivity contribution is 0.0602. The van der Waals surface area contributed by atoms with Crippen LogP contribution in [-0.2, 0) is 11.3 Å². The number of pyridine rings is 1. The number of urea groups is 1. The highest BCUT2D eigenvalue weighted by Gasteiger charge is 2.14. The number of para-hydroxylation sites is 3. The van der Waals surface area contributed by atoms with Gasteiger partial charge in [0.2, 0.25) is 0 Å². The summed E-state index contributed by atoms with van der Waals surface area (Å²) >= 11 is 0. The molecule has 0 radical (unpaired) electrons. The van der Waals surface area contributed by atoms with Crippen molar-refractivity contribution in [1.82, 2.24) is 9.38 Å². The smallest absolute Gasteiger partial charge is 0.339 e. The number of carbonyl (C=O) groups excluding carboxylic acids is 2. The maximum atomic E-state index is 12.6. The number of amides is 2. The maximum absolute atomic E-state index is 12.6. The minimum absolute atomic E-state index is 0.0329. The van der Waals surface area contributed by atoms with Crippen LogP contribution in [0.2, 0.25) is 0 Å². The fourth-order valence-electron chi connectivity index (χ4n) is 3.33. The Labute approximate surface area is 195 Å². The van der Waals surface area contributed by atoms with Gasteiger partial charge in [0, 0.05) is 12.3 Å². The first kappa shape index (κ1) is 22.5. The van der Waals surface area contributed by atoms with Crippen molar-refractivity contribution in [3.63, 3.8) is 0 Å². The van der Waals surface area contributed by atoms with E-state index in [2.05, 4.69) is 15.6 Å². The summed E-state index contributed by atoms with van der Waals surface area (Å²) in [5.41, 5.74) is 2.71. The molecule has 2 N–H and O–H groups in total. The van der Waals surface area contributed by atoms with Crippen LogP contribution in [0.25, 0.3) is 5.65 Å². The number of benzene rings is 2. The van der Waals surface area contributed by atoms with E-state index >= 15 is 0 Å². The Morgan fingerprint density at radius 2 is 1.68 bits per heavy atom. The summed E-state index contributed by atoms with van der Waals surface area (Å²) in [7, 11) is 1.27. The first-order valence-corrected chi connectivity index (χ1v) is 10.4. The third kappa shape index (κ3) is 5.04. The number of nitrogens with one attached hydrogen (secondary N) is 2. The first-order valence-electron chi connectivity index (χ1n) is 10.4. The van der Waals surface area contributed by atoms with E-state index in [0.29, 0.717) is 28.5 Å². The lowest BCUT2D eigenvalue weighted by atomic mass is 10.2. The van der Waals surface area contributed by atoms with Crippen molar-refractivity contribution in [2.45, 2.75) is 13.5 Å². The average Bonchev–Trinajstić information content (AvgIpc) is 2.83. The highest BCUT2D eigenvalue weighted by atomic mass is 16.5. The standard InChI is InChI=1S/C25H22N4O5/c1-16-11-12-29-22(13-16)26-17(14-23(29)30)15-34-21-10-6-5-9-20(21)28-25(32)27-19-8-4-3-7-18(19)24(31)33-2/h3-14H,15H2,1-2H3,(H2,27,28,32). The molecule has 0 bridgehead atoms. The number of esters is 1. The zero-order chi connectivity index (χ0) is 24.1. The number of carbonyl (C=O) groups is 2. The Morgan fingerprint density at radius 1 is 0.971 bits per heavy atom. The average molecular weight is 458 g/mol. The van der Waals surface area contributed by atoms with Crippen molar-refractivity contribution in [2.75, 3.05) is 17.7 Å². The molecule has 0 saturated carbocycles. The monoisotopic (exact) mass is 458 g/mol. The first-order chi connectivity index (χ1) is 16.4. The molecule has 0 aliphatic heterocycles. The topological polar surface area (TPSA) is 111 Å². The molecule has 0 aliphatic carbocycles. The van der Waals surface area contributed by atoms with Crippen LogP contribution < -0.4 is 20.9 Å². The zero-order valence-corrected chi connectivity index (χ0v) is 18.6. The van der Waals surface area contributed by atoms with Gasteiger partial charge >= 0.3 is 12.0 Å². The number of nitrogens with zero attached hydrogens (tertiary/aromatic N) is 2. The van der Waals surface area contributed by atoms with Crippen LogP contribution in [0.5, 0.6) is 5.75 Å². The third-order valence-corrected chi connectivity index (χ3v) is 4.97. The van der Waals surface area contributed by atoms with E-state index in [1.807, 2.05) is 19.1 Å². The Bertz CT molecular complexity index is 1430. The van der Waals surface area contributed by atoms with Crippen LogP contribution in [0.1, 0.15) is 21.6 Å². The largest absolute Gasteiger partial charge is 0.485 e. The summed E-state index contributed by atoms with van der Waals surface area (Å²) < 4.78 is 12.1. The van der Waals surface area contributed by atoms with Gasteiger partial charge in [-0.05, 0) is 48.9 Å². The molecule has 2 aromatic carbocycles. The highest BCUT2D eigenvalue weighted by Crippen LogP contribution is 2.25. The second kappa shape index (κ2) is 9.86. The van der Waals surface area contributed by atoms with Gasteiger partial charge < -0.3 is 20.1 Å². The Balaban J connectivity index is 1.49. The number of fused-ring (bicyclic) bond motifs is 1. The van der Waals surface area contributed by atoms with E-state index < -0.39 is 12.0 Å². The molecule has 9 heteroatoms. The third-order valence-electron chi connectivity index (χ3n) is 4.97. The van der Waals surface area contributed by atoms with Crippen molar-refractivity contribution >= 4 is 29.0 Å². The van der Waals surface area contributed by atoms with Crippen molar-refractivity contribution in [1.29, 1.82) is 0 Å². The number of methoxy groups -OCH3 is 1. The summed E-state index contributed by atoms with van der Waals surface area (Å²) in [6.07, 6.45) is 1.68. The predicted octanol–water partition coefficient (Wildman–Crippen LogP) is 4.01. The lowest BCUT2D eigenvalue weighted by Gasteiger charge is -2.14. The van der Waals surface area contributed by atoms with Crippen LogP contribution in [0.3, 0.4) is 0 Å². The maximum Gasteiger partial charge on any atom is 0.339 e. The number of ether oxygens (including phenoxy) is 2. The van der Waals surface area contributed by atoms with Gasteiger partial charge in [0.25, 0.3) is 5.56 Å². The van der Waals surface area contributed by atoms with Gasteiger partial charge in [-0.2, -0.15) is 0 Å². The number of aryl methyl sites for hydroxylation is 1. The summed E-state index contributed by atoms with van der Waals surface area (Å²) in [5, 5.41) is 5.36. The molecule has 172 valence electrons. The summed E-state index contributed by atoms with van der Waals surface area (Å²) in [6.45, 7) is 1.96. The normalized spacial score (nSPS) is 10.5. The molecule has 34 heavy (non-hydrogen) atoms. The molecule has 4 rings (SSSR count). The minimum atomic E-state index is -0.565. The highest BCUT2D eigenvalue weighted by molar-refractivity contribution is 6.05. The van der Waals surface area contributed by atoms with E-state index in [9.17, 15) is 14.4 Å². The van der Waals surface area contributed by atoms with Gasteiger partial charge in [0.1, 0.15) is 18.0 Å². The lowest BCUT2D eigenvalue weighted by Crippen LogP contribution is -2.21.